The largest absolute Gasteiger partial charge is 0.439 e. The Morgan fingerprint density at radius 1 is 1.21 bits per heavy atom. The van der Waals surface area contributed by atoms with Gasteiger partial charge in [0.2, 0.25) is 0 Å². The molecule has 2 amide bonds. The van der Waals surface area contributed by atoms with Crippen LogP contribution in [0.15, 0.2) is 36.5 Å². The van der Waals surface area contributed by atoms with Crippen molar-refractivity contribution < 1.29 is 14.3 Å². The van der Waals surface area contributed by atoms with Crippen molar-refractivity contribution >= 4 is 22.9 Å². The van der Waals surface area contributed by atoms with Gasteiger partial charge in [-0.1, -0.05) is 18.2 Å². The van der Waals surface area contributed by atoms with Crippen molar-refractivity contribution in [2.75, 3.05) is 13.2 Å². The molecule has 0 aliphatic carbocycles. The summed E-state index contributed by atoms with van der Waals surface area (Å²) in [5.74, 6) is -0.629. The van der Waals surface area contributed by atoms with E-state index < -0.39 is 12.0 Å². The van der Waals surface area contributed by atoms with E-state index in [1.54, 1.807) is 4.90 Å². The van der Waals surface area contributed by atoms with Crippen molar-refractivity contribution in [1.29, 1.82) is 0 Å². The molecule has 1 aromatic heterocycles. The van der Waals surface area contributed by atoms with Gasteiger partial charge >= 0.3 is 6.09 Å². The molecule has 128 valence electrons. The molecule has 1 unspecified atom stereocenters. The van der Waals surface area contributed by atoms with Gasteiger partial charge in [0.15, 0.2) is 6.61 Å². The normalized spacial score (nSPS) is 17.8. The van der Waals surface area contributed by atoms with E-state index in [2.05, 4.69) is 29.0 Å². The second kappa shape index (κ2) is 7.38. The summed E-state index contributed by atoms with van der Waals surface area (Å²) >= 11 is 0. The number of para-hydroxylation sites is 1. The Morgan fingerprint density at radius 3 is 2.88 bits per heavy atom. The topological polar surface area (TPSA) is 77.6 Å². The van der Waals surface area contributed by atoms with Crippen molar-refractivity contribution in [3.05, 3.63) is 36.5 Å². The number of carbonyl (C=O) groups is 2. The molecule has 1 aliphatic heterocycles. The number of fused-ring (bicyclic) bond motifs is 1. The van der Waals surface area contributed by atoms with Crippen LogP contribution >= 0.6 is 0 Å². The first-order valence-corrected chi connectivity index (χ1v) is 8.41. The lowest BCUT2D eigenvalue weighted by molar-refractivity contribution is -0.121. The van der Waals surface area contributed by atoms with Crippen LogP contribution in [0.1, 0.15) is 25.7 Å². The Bertz CT molecular complexity index is 725. The molecule has 1 aliphatic rings. The smallest absolute Gasteiger partial charge is 0.410 e. The number of aromatic nitrogens is 1. The van der Waals surface area contributed by atoms with Crippen LogP contribution in [0.3, 0.4) is 0 Å². The zero-order valence-electron chi connectivity index (χ0n) is 13.7. The number of benzene rings is 1. The summed E-state index contributed by atoms with van der Waals surface area (Å²) in [6.45, 7) is 1.16. The van der Waals surface area contributed by atoms with Gasteiger partial charge in [-0.2, -0.15) is 0 Å². The molecule has 6 heteroatoms. The number of primary amides is 1. The second-order valence-electron chi connectivity index (χ2n) is 6.22. The van der Waals surface area contributed by atoms with Gasteiger partial charge in [-0.15, -0.1) is 0 Å². The Morgan fingerprint density at radius 2 is 2.04 bits per heavy atom. The summed E-state index contributed by atoms with van der Waals surface area (Å²) in [5.41, 5.74) is 6.25. The van der Waals surface area contributed by atoms with E-state index >= 15 is 0 Å². The highest BCUT2D eigenvalue weighted by Gasteiger charge is 2.27. The summed E-state index contributed by atoms with van der Waals surface area (Å²) in [4.78, 5) is 24.7. The number of carbonyl (C=O) groups excluding carboxylic acids is 2. The van der Waals surface area contributed by atoms with Crippen molar-refractivity contribution in [1.82, 2.24) is 9.47 Å². The summed E-state index contributed by atoms with van der Waals surface area (Å²) in [6.07, 6.45) is 5.56. The third-order valence-corrected chi connectivity index (χ3v) is 4.58. The Balaban J connectivity index is 1.63. The highest BCUT2D eigenvalue weighted by atomic mass is 16.6. The van der Waals surface area contributed by atoms with Crippen molar-refractivity contribution in [3.63, 3.8) is 0 Å². The summed E-state index contributed by atoms with van der Waals surface area (Å²) < 4.78 is 7.21. The van der Waals surface area contributed by atoms with Gasteiger partial charge < -0.3 is 19.9 Å². The number of aryl methyl sites for hydroxylation is 1. The SMILES string of the molecule is NC(=O)COC(=O)N1CCCCC1CCn1ccc2ccccc21. The van der Waals surface area contributed by atoms with E-state index in [4.69, 9.17) is 10.5 Å². The molecule has 2 aromatic rings. The average Bonchev–Trinajstić information content (AvgIpc) is 3.01. The third kappa shape index (κ3) is 3.69. The molecule has 2 heterocycles. The summed E-state index contributed by atoms with van der Waals surface area (Å²) in [7, 11) is 0. The number of hydrogen-bond acceptors (Lipinski definition) is 3. The van der Waals surface area contributed by atoms with E-state index in [9.17, 15) is 9.59 Å². The number of amides is 2. The monoisotopic (exact) mass is 329 g/mol. The first-order valence-electron chi connectivity index (χ1n) is 8.41. The predicted octanol–water partition coefficient (Wildman–Crippen LogP) is 2.51. The maximum Gasteiger partial charge on any atom is 0.410 e. The van der Waals surface area contributed by atoms with E-state index in [-0.39, 0.29) is 12.6 Å². The van der Waals surface area contributed by atoms with E-state index in [1.165, 1.54) is 10.9 Å². The van der Waals surface area contributed by atoms with Gasteiger partial charge in [-0.25, -0.2) is 4.79 Å². The minimum atomic E-state index is -0.629. The molecule has 2 N–H and O–H groups in total. The fourth-order valence-corrected chi connectivity index (χ4v) is 3.38. The highest BCUT2D eigenvalue weighted by Crippen LogP contribution is 2.23. The van der Waals surface area contributed by atoms with Gasteiger partial charge in [0.25, 0.3) is 5.91 Å². The number of ether oxygens (including phenoxy) is 1. The van der Waals surface area contributed by atoms with Crippen molar-refractivity contribution in [3.8, 4) is 0 Å². The molecule has 1 fully saturated rings. The molecule has 1 atom stereocenters. The minimum Gasteiger partial charge on any atom is -0.439 e. The average molecular weight is 329 g/mol. The first-order chi connectivity index (χ1) is 11.6. The molecular weight excluding hydrogens is 306 g/mol. The fourth-order valence-electron chi connectivity index (χ4n) is 3.38. The zero-order chi connectivity index (χ0) is 16.9. The Kier molecular flexibility index (Phi) is 5.03. The van der Waals surface area contributed by atoms with E-state index in [1.807, 2.05) is 12.1 Å². The van der Waals surface area contributed by atoms with Crippen LogP contribution in [-0.4, -0.2) is 40.7 Å². The molecule has 3 rings (SSSR count). The highest BCUT2D eigenvalue weighted by molar-refractivity contribution is 5.80. The molecule has 0 radical (unpaired) electrons. The molecule has 0 spiro atoms. The summed E-state index contributed by atoms with van der Waals surface area (Å²) in [6, 6.07) is 10.5. The number of nitrogens with two attached hydrogens (primary N) is 1. The zero-order valence-corrected chi connectivity index (χ0v) is 13.7. The van der Waals surface area contributed by atoms with Gasteiger partial charge in [0.1, 0.15) is 0 Å². The summed E-state index contributed by atoms with van der Waals surface area (Å²) in [5, 5.41) is 1.22. The lowest BCUT2D eigenvalue weighted by Gasteiger charge is -2.35. The first kappa shape index (κ1) is 16.4. The van der Waals surface area contributed by atoms with Gasteiger partial charge in [0, 0.05) is 30.8 Å². The van der Waals surface area contributed by atoms with Crippen LogP contribution in [0.2, 0.25) is 0 Å². The van der Waals surface area contributed by atoms with Crippen molar-refractivity contribution in [2.45, 2.75) is 38.3 Å². The number of hydrogen-bond donors (Lipinski definition) is 1. The van der Waals surface area contributed by atoms with Crippen molar-refractivity contribution in [2.24, 2.45) is 5.73 Å². The quantitative estimate of drug-likeness (QED) is 0.915. The molecular formula is C18H23N3O3. The van der Waals surface area contributed by atoms with Gasteiger partial charge in [-0.3, -0.25) is 4.79 Å². The van der Waals surface area contributed by atoms with Crippen LogP contribution in [0, 0.1) is 0 Å². The Labute approximate surface area is 141 Å². The van der Waals surface area contributed by atoms with Crippen LogP contribution < -0.4 is 5.73 Å². The molecule has 1 aromatic carbocycles. The number of likely N-dealkylation sites (tertiary alicyclic amines) is 1. The van der Waals surface area contributed by atoms with E-state index in [0.29, 0.717) is 6.54 Å². The maximum atomic E-state index is 12.2. The molecule has 1 saturated heterocycles. The fraction of sp³-hybridized carbons (Fsp3) is 0.444. The minimum absolute atomic E-state index is 0.139. The standard InChI is InChI=1S/C18H23N3O3/c19-17(22)13-24-18(23)21-10-4-3-6-15(21)9-12-20-11-8-14-5-1-2-7-16(14)20/h1-2,5,7-8,11,15H,3-4,6,9-10,12-13H2,(H2,19,22). The molecule has 0 saturated carbocycles. The van der Waals surface area contributed by atoms with Crippen LogP contribution in [0.25, 0.3) is 10.9 Å². The number of nitrogens with zero attached hydrogens (tertiary/aromatic N) is 2. The second-order valence-corrected chi connectivity index (χ2v) is 6.22. The lowest BCUT2D eigenvalue weighted by Crippen LogP contribution is -2.45. The predicted molar refractivity (Wildman–Crippen MR) is 91.4 cm³/mol. The molecule has 6 nitrogen and oxygen atoms in total. The third-order valence-electron chi connectivity index (χ3n) is 4.58. The van der Waals surface area contributed by atoms with Crippen LogP contribution in [-0.2, 0) is 16.1 Å². The van der Waals surface area contributed by atoms with Gasteiger partial charge in [-0.05, 0) is 43.2 Å². The van der Waals surface area contributed by atoms with Gasteiger partial charge in [0.05, 0.1) is 0 Å². The number of rotatable bonds is 5. The molecule has 0 bridgehead atoms. The maximum absolute atomic E-state index is 12.2. The molecule has 24 heavy (non-hydrogen) atoms. The van der Waals surface area contributed by atoms with E-state index in [0.717, 1.165) is 32.2 Å². The number of piperidine rings is 1. The van der Waals surface area contributed by atoms with Crippen LogP contribution in [0.4, 0.5) is 4.79 Å². The van der Waals surface area contributed by atoms with Crippen LogP contribution in [0.5, 0.6) is 0 Å². The Hall–Kier alpha value is -2.50. The lowest BCUT2D eigenvalue weighted by atomic mass is 10.00.